The molecule has 0 aliphatic carbocycles. The molecule has 0 bridgehead atoms. The van der Waals surface area contributed by atoms with E-state index in [0.29, 0.717) is 34.9 Å². The van der Waals surface area contributed by atoms with Gasteiger partial charge >= 0.3 is 0 Å². The van der Waals surface area contributed by atoms with Crippen LogP contribution in [0.1, 0.15) is 0 Å². The van der Waals surface area contributed by atoms with Crippen molar-refractivity contribution in [1.29, 1.82) is 0 Å². The maximum atomic E-state index is 6.62. The van der Waals surface area contributed by atoms with E-state index in [1.165, 1.54) is 26.9 Å². The SMILES string of the molecule is c1ccc(-c2nc(-c3ccc4ccccc4c3)nc(-c3ccc(-n4c5cccc6oc7ccccc7c7cccc4c7c65)c4ccccc34)n2)cc1.c1ccc(-c2nc(-c3ccccc3)nc(-c3cccc(-c4cccc(-n5c6cccc7oc8ccccc8c8cccc5c8c76)c4)c3)n2)cc1. The van der Waals surface area contributed by atoms with Gasteiger partial charge in [-0.1, -0.05) is 255 Å². The summed E-state index contributed by atoms with van der Waals surface area (Å²) in [5.41, 5.74) is 17.9. The van der Waals surface area contributed by atoms with Crippen molar-refractivity contribution in [2.24, 2.45) is 0 Å². The molecule has 10 nitrogen and oxygen atoms in total. The lowest BCUT2D eigenvalue weighted by atomic mass is 10.0. The van der Waals surface area contributed by atoms with Crippen molar-refractivity contribution >= 4 is 109 Å². The minimum atomic E-state index is 0.631. The molecule has 102 heavy (non-hydrogen) atoms. The van der Waals surface area contributed by atoms with Gasteiger partial charge < -0.3 is 18.0 Å². The van der Waals surface area contributed by atoms with Gasteiger partial charge in [-0.2, -0.15) is 0 Å². The summed E-state index contributed by atoms with van der Waals surface area (Å²) in [5.74, 6) is 3.83. The number of benzene rings is 15. The third kappa shape index (κ3) is 9.80. The minimum Gasteiger partial charge on any atom is -0.456 e. The normalized spacial score (nSPS) is 11.7. The Labute approximate surface area is 584 Å². The molecular weight excluding hydrogens is 1250 g/mol. The molecule has 6 aromatic heterocycles. The van der Waals surface area contributed by atoms with Crippen LogP contribution in [0.2, 0.25) is 0 Å². The van der Waals surface area contributed by atoms with Gasteiger partial charge in [0.1, 0.15) is 22.3 Å². The molecular formula is C92H56N8O2. The van der Waals surface area contributed by atoms with Crippen molar-refractivity contribution in [2.75, 3.05) is 0 Å². The van der Waals surface area contributed by atoms with Gasteiger partial charge in [-0.05, 0) is 123 Å². The molecule has 476 valence electrons. The van der Waals surface area contributed by atoms with Gasteiger partial charge in [-0.15, -0.1) is 0 Å². The van der Waals surface area contributed by atoms with Gasteiger partial charge in [0.15, 0.2) is 34.9 Å². The number of fused-ring (bicyclic) bond motifs is 6. The van der Waals surface area contributed by atoms with Gasteiger partial charge in [0.25, 0.3) is 0 Å². The van der Waals surface area contributed by atoms with E-state index in [4.69, 9.17) is 38.7 Å². The van der Waals surface area contributed by atoms with Crippen LogP contribution < -0.4 is 0 Å². The van der Waals surface area contributed by atoms with Crippen molar-refractivity contribution < 1.29 is 8.83 Å². The summed E-state index contributed by atoms with van der Waals surface area (Å²) in [6.07, 6.45) is 0. The van der Waals surface area contributed by atoms with Gasteiger partial charge in [0, 0.05) is 66.0 Å². The first-order valence-electron chi connectivity index (χ1n) is 34.2. The molecule has 10 heteroatoms. The molecule has 0 aliphatic heterocycles. The fourth-order valence-corrected chi connectivity index (χ4v) is 15.0. The molecule has 0 spiro atoms. The lowest BCUT2D eigenvalue weighted by molar-refractivity contribution is 0.663. The molecule has 0 N–H and O–H groups in total. The number of para-hydroxylation sites is 2. The molecule has 0 fully saturated rings. The average molecular weight is 1310 g/mol. The van der Waals surface area contributed by atoms with E-state index in [9.17, 15) is 0 Å². The van der Waals surface area contributed by atoms with E-state index in [1.54, 1.807) is 0 Å². The highest BCUT2D eigenvalue weighted by Gasteiger charge is 2.24. The zero-order valence-electron chi connectivity index (χ0n) is 54.7. The Kier molecular flexibility index (Phi) is 13.7. The maximum absolute atomic E-state index is 6.62. The summed E-state index contributed by atoms with van der Waals surface area (Å²) in [5, 5.41) is 13.7. The molecule has 21 aromatic rings. The Morgan fingerprint density at radius 3 is 1.17 bits per heavy atom. The van der Waals surface area contributed by atoms with Gasteiger partial charge in [0.2, 0.25) is 0 Å². The Morgan fingerprint density at radius 2 is 0.588 bits per heavy atom. The number of hydrogen-bond donors (Lipinski definition) is 0. The van der Waals surface area contributed by atoms with Crippen LogP contribution in [-0.2, 0) is 0 Å². The first kappa shape index (κ1) is 58.2. The molecule has 0 atom stereocenters. The standard InChI is InChI=1S/C47H28N4O.C45H28N4O/c1-2-13-30(14-3-1)45-48-46(32-25-24-29-12-4-5-15-31(29)28-32)50-47(49-45)37-26-27-38(34-17-7-6-16-33(34)37)51-39-20-10-19-36-35-18-8-9-22-41(35)52-42-23-11-21-40(51)44(42)43(36)39;1-3-13-29(14-4-1)43-46-44(30-15-5-2-6-16-30)48-45(47-43)33-19-9-17-31(27-33)32-18-10-20-34(28-32)49-37-23-11-22-36-35-21-7-8-25-39(35)50-40-26-12-24-38(49)42(40)41(36)37/h1-28H;1-28H. The fraction of sp³-hybridized carbons (Fsp3) is 0. The molecule has 0 saturated heterocycles. The Balaban J connectivity index is 0.000000137. The summed E-state index contributed by atoms with van der Waals surface area (Å²) in [7, 11) is 0. The highest BCUT2D eigenvalue weighted by molar-refractivity contribution is 6.28. The number of rotatable bonds is 9. The third-order valence-corrected chi connectivity index (χ3v) is 19.7. The predicted molar refractivity (Wildman–Crippen MR) is 416 cm³/mol. The van der Waals surface area contributed by atoms with Crippen molar-refractivity contribution in [2.45, 2.75) is 0 Å². The number of hydrogen-bond acceptors (Lipinski definition) is 8. The Morgan fingerprint density at radius 1 is 0.206 bits per heavy atom. The zero-order chi connectivity index (χ0) is 67.2. The molecule has 15 aromatic carbocycles. The quantitative estimate of drug-likeness (QED) is 0.140. The van der Waals surface area contributed by atoms with Crippen LogP contribution in [0.4, 0.5) is 0 Å². The van der Waals surface area contributed by atoms with E-state index in [1.807, 2.05) is 109 Å². The second-order valence-corrected chi connectivity index (χ2v) is 25.6. The minimum absolute atomic E-state index is 0.631. The van der Waals surface area contributed by atoms with Gasteiger partial charge in [0.05, 0.1) is 38.5 Å². The molecule has 0 aliphatic rings. The number of aromatic nitrogens is 8. The molecule has 6 heterocycles. The molecule has 21 rings (SSSR count). The topological polar surface area (TPSA) is 113 Å². The van der Waals surface area contributed by atoms with Crippen molar-refractivity contribution in [3.05, 3.63) is 340 Å². The maximum Gasteiger partial charge on any atom is 0.164 e. The van der Waals surface area contributed by atoms with E-state index in [-0.39, 0.29) is 0 Å². The van der Waals surface area contributed by atoms with Crippen LogP contribution in [0.3, 0.4) is 0 Å². The summed E-state index contributed by atoms with van der Waals surface area (Å²) >= 11 is 0. The fourth-order valence-electron chi connectivity index (χ4n) is 15.0. The first-order valence-corrected chi connectivity index (χ1v) is 34.2. The summed E-state index contributed by atoms with van der Waals surface area (Å²) < 4.78 is 17.9. The molecule has 0 saturated carbocycles. The van der Waals surface area contributed by atoms with E-state index >= 15 is 0 Å². The monoisotopic (exact) mass is 1300 g/mol. The smallest absolute Gasteiger partial charge is 0.164 e. The zero-order valence-corrected chi connectivity index (χ0v) is 54.7. The van der Waals surface area contributed by atoms with Crippen LogP contribution in [0.5, 0.6) is 0 Å². The van der Waals surface area contributed by atoms with E-state index < -0.39 is 0 Å². The second kappa shape index (κ2) is 23.9. The Hall–Kier alpha value is -14.0. The van der Waals surface area contributed by atoms with Crippen LogP contribution in [0, 0.1) is 0 Å². The lowest BCUT2D eigenvalue weighted by Crippen LogP contribution is -2.01. The van der Waals surface area contributed by atoms with Gasteiger partial charge in [-0.3, -0.25) is 0 Å². The highest BCUT2D eigenvalue weighted by Crippen LogP contribution is 2.45. The predicted octanol–water partition coefficient (Wildman–Crippen LogP) is 23.7. The summed E-state index contributed by atoms with van der Waals surface area (Å²) in [4.78, 5) is 30.1. The van der Waals surface area contributed by atoms with Crippen molar-refractivity contribution in [3.63, 3.8) is 0 Å². The number of nitrogens with zero attached hydrogens (tertiary/aromatic N) is 8. The first-order chi connectivity index (χ1) is 50.6. The van der Waals surface area contributed by atoms with Crippen LogP contribution >= 0.6 is 0 Å². The average Bonchev–Trinajstić information content (AvgIpc) is 1.56. The van der Waals surface area contributed by atoms with Crippen LogP contribution in [0.25, 0.3) is 200 Å². The second-order valence-electron chi connectivity index (χ2n) is 25.6. The lowest BCUT2D eigenvalue weighted by Gasteiger charge is -2.15. The highest BCUT2D eigenvalue weighted by atomic mass is 16.3. The van der Waals surface area contributed by atoms with E-state index in [2.05, 4.69) is 240 Å². The largest absolute Gasteiger partial charge is 0.456 e. The molecule has 0 amide bonds. The third-order valence-electron chi connectivity index (χ3n) is 19.7. The molecule has 0 unspecified atom stereocenters. The van der Waals surface area contributed by atoms with Crippen molar-refractivity contribution in [3.8, 4) is 90.8 Å². The van der Waals surface area contributed by atoms with E-state index in [0.717, 1.165) is 138 Å². The van der Waals surface area contributed by atoms with Crippen molar-refractivity contribution in [1.82, 2.24) is 39.0 Å². The molecule has 0 radical (unpaired) electrons. The summed E-state index contributed by atoms with van der Waals surface area (Å²) in [6.45, 7) is 0. The summed E-state index contributed by atoms with van der Waals surface area (Å²) in [6, 6.07) is 118. The van der Waals surface area contributed by atoms with Crippen LogP contribution in [0.15, 0.2) is 349 Å². The van der Waals surface area contributed by atoms with Gasteiger partial charge in [-0.25, -0.2) is 29.9 Å². The van der Waals surface area contributed by atoms with Crippen LogP contribution in [-0.4, -0.2) is 39.0 Å². The Bertz CT molecular complexity index is 6840.